The third-order valence-corrected chi connectivity index (χ3v) is 4.20. The molecule has 1 rings (SSSR count). The number of hydrogen-bond donors (Lipinski definition) is 2. The molecule has 0 aliphatic carbocycles. The molecular formula is C12H22N2O3S. The first kappa shape index (κ1) is 15.2. The molecule has 1 aromatic heterocycles. The van der Waals surface area contributed by atoms with Crippen molar-refractivity contribution in [3.05, 3.63) is 23.2 Å². The van der Waals surface area contributed by atoms with Crippen molar-refractivity contribution in [1.82, 2.24) is 10.0 Å². The molecule has 104 valence electrons. The molecule has 5 nitrogen and oxygen atoms in total. The van der Waals surface area contributed by atoms with Gasteiger partial charge in [0.15, 0.2) is 0 Å². The summed E-state index contributed by atoms with van der Waals surface area (Å²) in [5.74, 6) is 1.83. The van der Waals surface area contributed by atoms with E-state index >= 15 is 0 Å². The molecule has 0 saturated carbocycles. The number of furan rings is 1. The molecule has 1 unspecified atom stereocenters. The van der Waals surface area contributed by atoms with Crippen LogP contribution >= 0.6 is 0 Å². The highest BCUT2D eigenvalue weighted by molar-refractivity contribution is 7.89. The molecule has 0 bridgehead atoms. The number of aryl methyl sites for hydroxylation is 2. The Morgan fingerprint density at radius 1 is 1.39 bits per heavy atom. The minimum Gasteiger partial charge on any atom is -0.466 e. The van der Waals surface area contributed by atoms with Gasteiger partial charge in [-0.1, -0.05) is 6.92 Å². The third kappa shape index (κ3) is 4.44. The molecule has 0 aliphatic rings. The van der Waals surface area contributed by atoms with E-state index < -0.39 is 10.0 Å². The highest BCUT2D eigenvalue weighted by Gasteiger charge is 2.14. The van der Waals surface area contributed by atoms with Gasteiger partial charge in [-0.05, 0) is 26.8 Å². The first-order chi connectivity index (χ1) is 8.35. The maximum absolute atomic E-state index is 11.4. The largest absolute Gasteiger partial charge is 0.466 e. The maximum Gasteiger partial charge on any atom is 0.212 e. The first-order valence-corrected chi connectivity index (χ1v) is 7.78. The summed E-state index contributed by atoms with van der Waals surface area (Å²) in [5.41, 5.74) is 1.08. The number of hydrogen-bond acceptors (Lipinski definition) is 4. The van der Waals surface area contributed by atoms with Gasteiger partial charge in [0.25, 0.3) is 0 Å². The van der Waals surface area contributed by atoms with E-state index in [4.69, 9.17) is 4.42 Å². The monoisotopic (exact) mass is 274 g/mol. The summed E-state index contributed by atoms with van der Waals surface area (Å²) in [6, 6.07) is 2.06. The predicted molar refractivity (Wildman–Crippen MR) is 72.1 cm³/mol. The van der Waals surface area contributed by atoms with Crippen molar-refractivity contribution < 1.29 is 12.8 Å². The van der Waals surface area contributed by atoms with E-state index in [9.17, 15) is 8.42 Å². The van der Waals surface area contributed by atoms with Crippen LogP contribution in [0.5, 0.6) is 0 Å². The summed E-state index contributed by atoms with van der Waals surface area (Å²) >= 11 is 0. The molecule has 0 radical (unpaired) electrons. The van der Waals surface area contributed by atoms with Gasteiger partial charge in [-0.25, -0.2) is 13.1 Å². The van der Waals surface area contributed by atoms with Crippen molar-refractivity contribution in [3.63, 3.8) is 0 Å². The summed E-state index contributed by atoms with van der Waals surface area (Å²) in [7, 11) is -3.15. The molecule has 0 amide bonds. The van der Waals surface area contributed by atoms with Crippen molar-refractivity contribution in [2.45, 2.75) is 33.7 Å². The van der Waals surface area contributed by atoms with Crippen molar-refractivity contribution >= 4 is 10.0 Å². The first-order valence-electron chi connectivity index (χ1n) is 6.13. The molecule has 0 saturated heterocycles. The molecule has 0 fully saturated rings. The average Bonchev–Trinajstić information content (AvgIpc) is 2.57. The fourth-order valence-corrected chi connectivity index (χ4v) is 2.86. The molecule has 18 heavy (non-hydrogen) atoms. The SMILES string of the molecule is CCNS(=O)(=O)CCNC(C)c1cc(C)oc1C. The minimum absolute atomic E-state index is 0.0827. The van der Waals surface area contributed by atoms with Crippen LogP contribution in [-0.4, -0.2) is 27.3 Å². The maximum atomic E-state index is 11.4. The van der Waals surface area contributed by atoms with Crippen LogP contribution in [-0.2, 0) is 10.0 Å². The summed E-state index contributed by atoms with van der Waals surface area (Å²) in [5, 5.41) is 3.19. The van der Waals surface area contributed by atoms with Gasteiger partial charge in [-0.2, -0.15) is 0 Å². The lowest BCUT2D eigenvalue weighted by molar-refractivity contribution is 0.491. The van der Waals surface area contributed by atoms with Crippen molar-refractivity contribution in [2.75, 3.05) is 18.8 Å². The Bertz CT molecular complexity index is 480. The van der Waals surface area contributed by atoms with E-state index in [1.165, 1.54) is 0 Å². The molecule has 0 aliphatic heterocycles. The molecule has 6 heteroatoms. The smallest absolute Gasteiger partial charge is 0.212 e. The molecule has 1 heterocycles. The fraction of sp³-hybridized carbons (Fsp3) is 0.667. The van der Waals surface area contributed by atoms with Crippen LogP contribution < -0.4 is 10.0 Å². The van der Waals surface area contributed by atoms with Crippen LogP contribution in [0.1, 0.15) is 37.0 Å². The van der Waals surface area contributed by atoms with Crippen molar-refractivity contribution in [1.29, 1.82) is 0 Å². The summed E-state index contributed by atoms with van der Waals surface area (Å²) in [6.07, 6.45) is 0. The highest BCUT2D eigenvalue weighted by Crippen LogP contribution is 2.20. The van der Waals surface area contributed by atoms with Crippen LogP contribution in [0.25, 0.3) is 0 Å². The topological polar surface area (TPSA) is 71.3 Å². The Kier molecular flexibility index (Phi) is 5.37. The van der Waals surface area contributed by atoms with E-state index in [-0.39, 0.29) is 11.8 Å². The zero-order valence-corrected chi connectivity index (χ0v) is 12.2. The molecule has 2 N–H and O–H groups in total. The zero-order chi connectivity index (χ0) is 13.8. The Morgan fingerprint density at radius 2 is 2.06 bits per heavy atom. The number of sulfonamides is 1. The lowest BCUT2D eigenvalue weighted by atomic mass is 10.1. The zero-order valence-electron chi connectivity index (χ0n) is 11.4. The Morgan fingerprint density at radius 3 is 2.56 bits per heavy atom. The second-order valence-corrected chi connectivity index (χ2v) is 6.29. The lowest BCUT2D eigenvalue weighted by Gasteiger charge is -2.13. The predicted octanol–water partition coefficient (Wildman–Crippen LogP) is 1.49. The normalized spacial score (nSPS) is 13.8. The lowest BCUT2D eigenvalue weighted by Crippen LogP contribution is -2.32. The van der Waals surface area contributed by atoms with Crippen molar-refractivity contribution in [2.24, 2.45) is 0 Å². The second-order valence-electron chi connectivity index (χ2n) is 4.36. The van der Waals surface area contributed by atoms with Gasteiger partial charge >= 0.3 is 0 Å². The van der Waals surface area contributed by atoms with Crippen LogP contribution in [0.3, 0.4) is 0 Å². The summed E-state index contributed by atoms with van der Waals surface area (Å²) < 4.78 is 30.8. The fourth-order valence-electron chi connectivity index (χ4n) is 1.89. The third-order valence-electron chi connectivity index (χ3n) is 2.73. The summed E-state index contributed by atoms with van der Waals surface area (Å²) in [4.78, 5) is 0. The average molecular weight is 274 g/mol. The van der Waals surface area contributed by atoms with Gasteiger partial charge < -0.3 is 9.73 Å². The van der Waals surface area contributed by atoms with Gasteiger partial charge in [0.1, 0.15) is 11.5 Å². The standard InChI is InChI=1S/C12H22N2O3S/c1-5-14-18(15,16)7-6-13-10(3)12-8-9(2)17-11(12)4/h8,10,13-14H,5-7H2,1-4H3. The van der Waals surface area contributed by atoms with Gasteiger partial charge in [-0.3, -0.25) is 0 Å². The van der Waals surface area contributed by atoms with E-state index in [2.05, 4.69) is 10.0 Å². The Balaban J connectivity index is 2.47. The van der Waals surface area contributed by atoms with Crippen LogP contribution in [0.15, 0.2) is 10.5 Å². The number of nitrogens with one attached hydrogen (secondary N) is 2. The molecule has 1 atom stereocenters. The van der Waals surface area contributed by atoms with Crippen LogP contribution in [0, 0.1) is 13.8 Å². The van der Waals surface area contributed by atoms with Crippen LogP contribution in [0.4, 0.5) is 0 Å². The second kappa shape index (κ2) is 6.36. The van der Waals surface area contributed by atoms with Gasteiger partial charge in [0.2, 0.25) is 10.0 Å². The molecule has 0 spiro atoms. The van der Waals surface area contributed by atoms with Gasteiger partial charge in [0, 0.05) is 24.7 Å². The molecule has 0 aromatic carbocycles. The van der Waals surface area contributed by atoms with Gasteiger partial charge in [-0.15, -0.1) is 0 Å². The highest BCUT2D eigenvalue weighted by atomic mass is 32.2. The van der Waals surface area contributed by atoms with Gasteiger partial charge in [0.05, 0.1) is 5.75 Å². The van der Waals surface area contributed by atoms with E-state index in [0.717, 1.165) is 17.1 Å². The van der Waals surface area contributed by atoms with E-state index in [0.29, 0.717) is 13.1 Å². The summed E-state index contributed by atoms with van der Waals surface area (Å²) in [6.45, 7) is 8.43. The minimum atomic E-state index is -3.15. The quantitative estimate of drug-likeness (QED) is 0.790. The van der Waals surface area contributed by atoms with Crippen LogP contribution in [0.2, 0.25) is 0 Å². The molecular weight excluding hydrogens is 252 g/mol. The Hall–Kier alpha value is -0.850. The Labute approximate surface area is 109 Å². The molecule has 1 aromatic rings. The van der Waals surface area contributed by atoms with Crippen molar-refractivity contribution in [3.8, 4) is 0 Å². The number of rotatable bonds is 7. The van der Waals surface area contributed by atoms with E-state index in [1.807, 2.05) is 26.8 Å². The van der Waals surface area contributed by atoms with E-state index in [1.54, 1.807) is 6.92 Å².